The highest BCUT2D eigenvalue weighted by Crippen LogP contribution is 2.29. The van der Waals surface area contributed by atoms with E-state index in [2.05, 4.69) is 21.0 Å². The molecule has 2 amide bonds. The number of hydrogen-bond donors (Lipinski definition) is 2. The summed E-state index contributed by atoms with van der Waals surface area (Å²) < 4.78 is 1.93. The Morgan fingerprint density at radius 1 is 0.964 bits per heavy atom. The Morgan fingerprint density at radius 2 is 1.64 bits per heavy atom. The summed E-state index contributed by atoms with van der Waals surface area (Å²) in [6, 6.07) is 19.5. The lowest BCUT2D eigenvalue weighted by Gasteiger charge is -2.10. The second kappa shape index (κ2) is 8.26. The molecule has 0 radical (unpaired) electrons. The summed E-state index contributed by atoms with van der Waals surface area (Å²) in [5.74, 6) is 0.449. The van der Waals surface area contributed by atoms with Gasteiger partial charge in [-0.2, -0.15) is 0 Å². The Hall–Kier alpha value is -3.13. The number of amides is 2. The molecular formula is C20H19N5O2S. The fourth-order valence-corrected chi connectivity index (χ4v) is 3.44. The highest BCUT2D eigenvalue weighted by atomic mass is 32.2. The van der Waals surface area contributed by atoms with Crippen molar-refractivity contribution >= 4 is 23.6 Å². The average molecular weight is 393 g/mol. The Balaban J connectivity index is 1.51. The molecule has 3 aromatic rings. The molecule has 1 fully saturated rings. The zero-order valence-corrected chi connectivity index (χ0v) is 15.9. The van der Waals surface area contributed by atoms with Gasteiger partial charge in [-0.25, -0.2) is 0 Å². The monoisotopic (exact) mass is 393 g/mol. The van der Waals surface area contributed by atoms with Gasteiger partial charge < -0.3 is 0 Å². The van der Waals surface area contributed by atoms with Gasteiger partial charge in [0.15, 0.2) is 11.0 Å². The van der Waals surface area contributed by atoms with Crippen molar-refractivity contribution < 1.29 is 9.59 Å². The van der Waals surface area contributed by atoms with E-state index in [0.717, 1.165) is 24.1 Å². The van der Waals surface area contributed by atoms with Crippen LogP contribution >= 0.6 is 11.8 Å². The van der Waals surface area contributed by atoms with E-state index in [0.29, 0.717) is 11.0 Å². The Kier molecular flexibility index (Phi) is 5.38. The fraction of sp³-hybridized carbons (Fsp3) is 0.200. The fourth-order valence-electron chi connectivity index (χ4n) is 2.69. The third kappa shape index (κ3) is 4.23. The molecule has 8 heteroatoms. The first-order chi connectivity index (χ1) is 13.7. The topological polar surface area (TPSA) is 88.9 Å². The van der Waals surface area contributed by atoms with Crippen molar-refractivity contribution in [2.75, 3.05) is 5.75 Å². The molecule has 0 atom stereocenters. The van der Waals surface area contributed by atoms with Crippen LogP contribution in [0.2, 0.25) is 0 Å². The minimum absolute atomic E-state index is 0.0440. The first-order valence-corrected chi connectivity index (χ1v) is 9.98. The van der Waals surface area contributed by atoms with Gasteiger partial charge in [-0.05, 0) is 25.0 Å². The van der Waals surface area contributed by atoms with Crippen LogP contribution in [0.25, 0.3) is 17.1 Å². The van der Waals surface area contributed by atoms with Crippen molar-refractivity contribution in [2.24, 2.45) is 5.92 Å². The van der Waals surface area contributed by atoms with Crippen LogP contribution in [-0.2, 0) is 9.59 Å². The molecule has 1 heterocycles. The number of benzene rings is 2. The Morgan fingerprint density at radius 3 is 2.32 bits per heavy atom. The largest absolute Gasteiger partial charge is 0.273 e. The van der Waals surface area contributed by atoms with Gasteiger partial charge in [0.05, 0.1) is 5.75 Å². The zero-order valence-electron chi connectivity index (χ0n) is 15.0. The molecule has 0 bridgehead atoms. The van der Waals surface area contributed by atoms with E-state index in [4.69, 9.17) is 0 Å². The van der Waals surface area contributed by atoms with E-state index < -0.39 is 0 Å². The van der Waals surface area contributed by atoms with Crippen LogP contribution < -0.4 is 10.9 Å². The normalized spacial score (nSPS) is 13.1. The lowest BCUT2D eigenvalue weighted by Crippen LogP contribution is -2.43. The molecule has 0 unspecified atom stereocenters. The quantitative estimate of drug-likeness (QED) is 0.496. The number of hydrogen-bond acceptors (Lipinski definition) is 5. The molecule has 1 aliphatic rings. The molecule has 1 aromatic heterocycles. The van der Waals surface area contributed by atoms with Gasteiger partial charge >= 0.3 is 0 Å². The molecule has 0 spiro atoms. The first kappa shape index (κ1) is 18.2. The number of rotatable bonds is 6. The van der Waals surface area contributed by atoms with Crippen molar-refractivity contribution in [1.82, 2.24) is 25.6 Å². The van der Waals surface area contributed by atoms with E-state index in [1.54, 1.807) is 0 Å². The van der Waals surface area contributed by atoms with Crippen molar-refractivity contribution in [3.63, 3.8) is 0 Å². The maximum absolute atomic E-state index is 12.1. The summed E-state index contributed by atoms with van der Waals surface area (Å²) in [7, 11) is 0. The highest BCUT2D eigenvalue weighted by molar-refractivity contribution is 7.99. The molecule has 142 valence electrons. The molecule has 2 N–H and O–H groups in total. The van der Waals surface area contributed by atoms with Crippen molar-refractivity contribution in [3.8, 4) is 17.1 Å². The third-order valence-corrected chi connectivity index (χ3v) is 5.21. The number of carbonyl (C=O) groups is 2. The van der Waals surface area contributed by atoms with Gasteiger partial charge in [0.2, 0.25) is 11.8 Å². The van der Waals surface area contributed by atoms with Crippen LogP contribution in [0.1, 0.15) is 12.8 Å². The molecule has 0 aliphatic heterocycles. The maximum Gasteiger partial charge on any atom is 0.248 e. The molecule has 2 aromatic carbocycles. The van der Waals surface area contributed by atoms with Crippen LogP contribution in [0.15, 0.2) is 65.8 Å². The molecule has 4 rings (SSSR count). The van der Waals surface area contributed by atoms with Gasteiger partial charge in [-0.3, -0.25) is 25.0 Å². The minimum atomic E-state index is -0.289. The van der Waals surface area contributed by atoms with Crippen molar-refractivity contribution in [3.05, 3.63) is 60.7 Å². The van der Waals surface area contributed by atoms with Gasteiger partial charge in [0.1, 0.15) is 0 Å². The lowest BCUT2D eigenvalue weighted by atomic mass is 10.2. The number of thioether (sulfide) groups is 1. The first-order valence-electron chi connectivity index (χ1n) is 9.00. The number of aromatic nitrogens is 3. The van der Waals surface area contributed by atoms with Crippen LogP contribution in [-0.4, -0.2) is 32.3 Å². The van der Waals surface area contributed by atoms with Gasteiger partial charge in [0, 0.05) is 17.2 Å². The molecule has 0 saturated heterocycles. The van der Waals surface area contributed by atoms with Gasteiger partial charge in [-0.1, -0.05) is 60.3 Å². The smallest absolute Gasteiger partial charge is 0.248 e. The summed E-state index contributed by atoms with van der Waals surface area (Å²) in [5.41, 5.74) is 6.77. The molecule has 1 aliphatic carbocycles. The van der Waals surface area contributed by atoms with Crippen molar-refractivity contribution in [1.29, 1.82) is 0 Å². The lowest BCUT2D eigenvalue weighted by molar-refractivity contribution is -0.128. The van der Waals surface area contributed by atoms with E-state index in [-0.39, 0.29) is 23.5 Å². The number of hydrazine groups is 1. The second-order valence-corrected chi connectivity index (χ2v) is 7.39. The van der Waals surface area contributed by atoms with E-state index in [1.807, 2.05) is 65.2 Å². The number of nitrogens with one attached hydrogen (secondary N) is 2. The SMILES string of the molecule is O=C(CSc1nnc(-c2ccccc2)n1-c1ccccc1)NNC(=O)C1CC1. The summed E-state index contributed by atoms with van der Waals surface area (Å²) in [6.45, 7) is 0. The number of nitrogens with zero attached hydrogens (tertiary/aromatic N) is 3. The maximum atomic E-state index is 12.1. The highest BCUT2D eigenvalue weighted by Gasteiger charge is 2.29. The van der Waals surface area contributed by atoms with Crippen LogP contribution in [0.5, 0.6) is 0 Å². The predicted octanol–water partition coefficient (Wildman–Crippen LogP) is 2.58. The van der Waals surface area contributed by atoms with E-state index >= 15 is 0 Å². The van der Waals surface area contributed by atoms with Gasteiger partial charge in [0.25, 0.3) is 0 Å². The van der Waals surface area contributed by atoms with E-state index in [1.165, 1.54) is 11.8 Å². The minimum Gasteiger partial charge on any atom is -0.273 e. The molecule has 28 heavy (non-hydrogen) atoms. The zero-order chi connectivity index (χ0) is 19.3. The average Bonchev–Trinajstić information content (AvgIpc) is 3.51. The van der Waals surface area contributed by atoms with Crippen molar-refractivity contribution in [2.45, 2.75) is 18.0 Å². The second-order valence-electron chi connectivity index (χ2n) is 6.44. The molecular weight excluding hydrogens is 374 g/mol. The Labute approximate surface area is 166 Å². The number of para-hydroxylation sites is 1. The standard InChI is InChI=1S/C20H19N5O2S/c26-17(21-23-19(27)15-11-12-15)13-28-20-24-22-18(14-7-3-1-4-8-14)25(20)16-9-5-2-6-10-16/h1-10,15H,11-13H2,(H,21,26)(H,23,27). The molecule has 7 nitrogen and oxygen atoms in total. The number of carbonyl (C=O) groups excluding carboxylic acids is 2. The summed E-state index contributed by atoms with van der Waals surface area (Å²) in [5, 5.41) is 9.23. The third-order valence-electron chi connectivity index (χ3n) is 4.29. The van der Waals surface area contributed by atoms with Crippen LogP contribution in [0, 0.1) is 5.92 Å². The van der Waals surface area contributed by atoms with Gasteiger partial charge in [-0.15, -0.1) is 10.2 Å². The summed E-state index contributed by atoms with van der Waals surface area (Å²) in [4.78, 5) is 23.7. The predicted molar refractivity (Wildman–Crippen MR) is 107 cm³/mol. The molecule has 1 saturated carbocycles. The summed E-state index contributed by atoms with van der Waals surface area (Å²) in [6.07, 6.45) is 1.78. The van der Waals surface area contributed by atoms with E-state index in [9.17, 15) is 9.59 Å². The Bertz CT molecular complexity index is 971. The van der Waals surface area contributed by atoms with Crippen LogP contribution in [0.3, 0.4) is 0 Å². The van der Waals surface area contributed by atoms with Crippen LogP contribution in [0.4, 0.5) is 0 Å². The summed E-state index contributed by atoms with van der Waals surface area (Å²) >= 11 is 1.27.